The average Bonchev–Trinajstić information content (AvgIpc) is 2.60. The van der Waals surface area contributed by atoms with Crippen LogP contribution >= 0.6 is 11.8 Å². The lowest BCUT2D eigenvalue weighted by molar-refractivity contribution is 0.0524. The van der Waals surface area contributed by atoms with Gasteiger partial charge in [-0.25, -0.2) is 14.2 Å². The van der Waals surface area contributed by atoms with Crippen LogP contribution in [0.5, 0.6) is 5.75 Å². The summed E-state index contributed by atoms with van der Waals surface area (Å²) in [6.07, 6.45) is 0. The standard InChI is InChI=1S/C18H17FN2O3S/c1-3-23-18(22)16-10-13(11-20)17(21-12(16)2)25-9-8-24-15-6-4-14(19)5-7-15/h4-7,10H,3,8-9H2,1-2H3. The Bertz CT molecular complexity index is 788. The fraction of sp³-hybridized carbons (Fsp3) is 0.278. The van der Waals surface area contributed by atoms with Gasteiger partial charge in [0.05, 0.1) is 30.0 Å². The predicted octanol–water partition coefficient (Wildman–Crippen LogP) is 3.75. The van der Waals surface area contributed by atoms with Gasteiger partial charge in [0.15, 0.2) is 0 Å². The predicted molar refractivity (Wildman–Crippen MR) is 92.3 cm³/mol. The van der Waals surface area contributed by atoms with Crippen molar-refractivity contribution in [2.45, 2.75) is 18.9 Å². The van der Waals surface area contributed by atoms with Crippen molar-refractivity contribution in [2.75, 3.05) is 19.0 Å². The van der Waals surface area contributed by atoms with Crippen LogP contribution in [0.25, 0.3) is 0 Å². The van der Waals surface area contributed by atoms with Gasteiger partial charge in [-0.15, -0.1) is 11.8 Å². The number of carbonyl (C=O) groups excluding carboxylic acids is 1. The number of nitriles is 1. The van der Waals surface area contributed by atoms with E-state index in [9.17, 15) is 14.4 Å². The number of pyridine rings is 1. The molecule has 0 atom stereocenters. The number of ether oxygens (including phenoxy) is 2. The highest BCUT2D eigenvalue weighted by atomic mass is 32.2. The first-order valence-electron chi connectivity index (χ1n) is 7.65. The molecule has 0 bridgehead atoms. The molecule has 0 fully saturated rings. The second-order valence-corrected chi connectivity index (χ2v) is 6.04. The Morgan fingerprint density at radius 1 is 1.36 bits per heavy atom. The summed E-state index contributed by atoms with van der Waals surface area (Å²) in [5.74, 6) is 0.323. The second-order valence-electron chi connectivity index (χ2n) is 4.96. The van der Waals surface area contributed by atoms with E-state index in [0.717, 1.165) is 0 Å². The normalized spacial score (nSPS) is 10.2. The number of carbonyl (C=O) groups is 1. The van der Waals surface area contributed by atoms with E-state index in [1.807, 2.05) is 0 Å². The molecule has 1 heterocycles. The molecule has 2 rings (SSSR count). The van der Waals surface area contributed by atoms with E-state index in [1.165, 1.54) is 30.0 Å². The molecule has 1 aromatic carbocycles. The summed E-state index contributed by atoms with van der Waals surface area (Å²) >= 11 is 1.36. The van der Waals surface area contributed by atoms with Gasteiger partial charge >= 0.3 is 5.97 Å². The lowest BCUT2D eigenvalue weighted by atomic mass is 10.1. The molecule has 0 N–H and O–H groups in total. The molecule has 130 valence electrons. The van der Waals surface area contributed by atoms with Crippen LogP contribution in [0.4, 0.5) is 4.39 Å². The van der Waals surface area contributed by atoms with Crippen molar-refractivity contribution < 1.29 is 18.7 Å². The third kappa shape index (κ3) is 5.19. The smallest absolute Gasteiger partial charge is 0.340 e. The van der Waals surface area contributed by atoms with Crippen LogP contribution in [-0.4, -0.2) is 29.9 Å². The molecule has 0 aliphatic heterocycles. The van der Waals surface area contributed by atoms with Gasteiger partial charge in [-0.1, -0.05) is 0 Å². The highest BCUT2D eigenvalue weighted by Crippen LogP contribution is 2.23. The minimum atomic E-state index is -0.486. The highest BCUT2D eigenvalue weighted by molar-refractivity contribution is 7.99. The topological polar surface area (TPSA) is 72.2 Å². The Balaban J connectivity index is 1.99. The number of nitrogens with zero attached hydrogens (tertiary/aromatic N) is 2. The minimum Gasteiger partial charge on any atom is -0.493 e. The minimum absolute atomic E-state index is 0.261. The highest BCUT2D eigenvalue weighted by Gasteiger charge is 2.16. The summed E-state index contributed by atoms with van der Waals surface area (Å²) in [5, 5.41) is 9.82. The Morgan fingerprint density at radius 3 is 2.72 bits per heavy atom. The molecular formula is C18H17FN2O3S. The molecular weight excluding hydrogens is 343 g/mol. The van der Waals surface area contributed by atoms with Crippen LogP contribution in [0, 0.1) is 24.1 Å². The summed E-state index contributed by atoms with van der Waals surface area (Å²) in [7, 11) is 0. The van der Waals surface area contributed by atoms with Crippen molar-refractivity contribution in [3.63, 3.8) is 0 Å². The van der Waals surface area contributed by atoms with Gasteiger partial charge in [0.2, 0.25) is 0 Å². The van der Waals surface area contributed by atoms with Crippen molar-refractivity contribution in [2.24, 2.45) is 0 Å². The monoisotopic (exact) mass is 360 g/mol. The fourth-order valence-corrected chi connectivity index (χ4v) is 2.84. The molecule has 0 saturated carbocycles. The second kappa shape index (κ2) is 9.04. The number of rotatable bonds is 7. The Morgan fingerprint density at radius 2 is 2.08 bits per heavy atom. The van der Waals surface area contributed by atoms with E-state index in [2.05, 4.69) is 11.1 Å². The fourth-order valence-electron chi connectivity index (χ4n) is 2.02. The first-order chi connectivity index (χ1) is 12.0. The number of esters is 1. The zero-order valence-electron chi connectivity index (χ0n) is 13.9. The van der Waals surface area contributed by atoms with E-state index in [1.54, 1.807) is 26.0 Å². The Kier molecular flexibility index (Phi) is 6.78. The van der Waals surface area contributed by atoms with Crippen LogP contribution in [0.3, 0.4) is 0 Å². The van der Waals surface area contributed by atoms with Gasteiger partial charge in [-0.3, -0.25) is 0 Å². The number of halogens is 1. The number of benzene rings is 1. The largest absolute Gasteiger partial charge is 0.493 e. The molecule has 0 aliphatic rings. The van der Waals surface area contributed by atoms with Gasteiger partial charge in [-0.05, 0) is 44.2 Å². The van der Waals surface area contributed by atoms with E-state index in [0.29, 0.717) is 40.0 Å². The summed E-state index contributed by atoms with van der Waals surface area (Å²) in [6.45, 7) is 4.06. The Hall–Kier alpha value is -2.59. The van der Waals surface area contributed by atoms with E-state index < -0.39 is 5.97 Å². The van der Waals surface area contributed by atoms with Crippen LogP contribution in [0.1, 0.15) is 28.5 Å². The maximum atomic E-state index is 12.8. The zero-order chi connectivity index (χ0) is 18.2. The molecule has 0 aliphatic carbocycles. The summed E-state index contributed by atoms with van der Waals surface area (Å²) in [5.41, 5.74) is 1.13. The van der Waals surface area contributed by atoms with E-state index in [-0.39, 0.29) is 12.4 Å². The van der Waals surface area contributed by atoms with Gasteiger partial charge in [-0.2, -0.15) is 5.26 Å². The van der Waals surface area contributed by atoms with Crippen molar-refractivity contribution in [1.82, 2.24) is 4.98 Å². The van der Waals surface area contributed by atoms with E-state index in [4.69, 9.17) is 9.47 Å². The van der Waals surface area contributed by atoms with Crippen molar-refractivity contribution in [3.8, 4) is 11.8 Å². The zero-order valence-corrected chi connectivity index (χ0v) is 14.7. The molecule has 0 saturated heterocycles. The summed E-state index contributed by atoms with van der Waals surface area (Å²) in [6, 6.07) is 9.32. The number of hydrogen-bond donors (Lipinski definition) is 0. The first-order valence-corrected chi connectivity index (χ1v) is 8.63. The summed E-state index contributed by atoms with van der Waals surface area (Å²) in [4.78, 5) is 16.2. The van der Waals surface area contributed by atoms with Crippen LogP contribution in [0.2, 0.25) is 0 Å². The SMILES string of the molecule is CCOC(=O)c1cc(C#N)c(SCCOc2ccc(F)cc2)nc1C. The van der Waals surface area contributed by atoms with Gasteiger partial charge in [0.25, 0.3) is 0 Å². The maximum Gasteiger partial charge on any atom is 0.340 e. The van der Waals surface area contributed by atoms with Crippen molar-refractivity contribution >= 4 is 17.7 Å². The van der Waals surface area contributed by atoms with Crippen LogP contribution in [0.15, 0.2) is 35.4 Å². The van der Waals surface area contributed by atoms with Gasteiger partial charge in [0, 0.05) is 5.75 Å². The number of aryl methyl sites for hydroxylation is 1. The molecule has 7 heteroatoms. The molecule has 2 aromatic rings. The lowest BCUT2D eigenvalue weighted by Gasteiger charge is -2.10. The van der Waals surface area contributed by atoms with E-state index >= 15 is 0 Å². The maximum absolute atomic E-state index is 12.8. The number of thioether (sulfide) groups is 1. The quantitative estimate of drug-likeness (QED) is 0.425. The molecule has 0 unspecified atom stereocenters. The third-order valence-corrected chi connectivity index (χ3v) is 4.15. The Labute approximate surface area is 149 Å². The van der Waals surface area contributed by atoms with Crippen molar-refractivity contribution in [1.29, 1.82) is 5.26 Å². The molecule has 5 nitrogen and oxygen atoms in total. The number of aromatic nitrogens is 1. The molecule has 25 heavy (non-hydrogen) atoms. The van der Waals surface area contributed by atoms with Crippen molar-refractivity contribution in [3.05, 3.63) is 53.0 Å². The molecule has 0 spiro atoms. The van der Waals surface area contributed by atoms with Gasteiger partial charge in [0.1, 0.15) is 22.7 Å². The van der Waals surface area contributed by atoms with Gasteiger partial charge < -0.3 is 9.47 Å². The summed E-state index contributed by atoms with van der Waals surface area (Å²) < 4.78 is 23.3. The average molecular weight is 360 g/mol. The number of hydrogen-bond acceptors (Lipinski definition) is 6. The molecule has 0 radical (unpaired) electrons. The third-order valence-electron chi connectivity index (χ3n) is 3.20. The molecule has 1 aromatic heterocycles. The first kappa shape index (κ1) is 18.7. The van der Waals surface area contributed by atoms with Crippen LogP contribution in [-0.2, 0) is 4.74 Å². The lowest BCUT2D eigenvalue weighted by Crippen LogP contribution is -2.09. The molecule has 0 amide bonds. The van der Waals surface area contributed by atoms with Crippen LogP contribution < -0.4 is 4.74 Å².